The number of pyridine rings is 1. The third-order valence-corrected chi connectivity index (χ3v) is 5.91. The molecule has 0 amide bonds. The van der Waals surface area contributed by atoms with E-state index in [9.17, 15) is 14.3 Å². The Labute approximate surface area is 155 Å². The maximum Gasteiger partial charge on any atom is 0.472 e. The molecular formula is C17H20NO8P. The molecular weight excluding hydrogens is 377 g/mol. The maximum atomic E-state index is 12.9. The number of hydrogen-bond acceptors (Lipinski definition) is 7. The van der Waals surface area contributed by atoms with Crippen LogP contribution in [0.25, 0.3) is 10.8 Å². The summed E-state index contributed by atoms with van der Waals surface area (Å²) >= 11 is 0. The number of aromatic nitrogens is 1. The Kier molecular flexibility index (Phi) is 4.72. The first-order valence-corrected chi connectivity index (χ1v) is 9.85. The van der Waals surface area contributed by atoms with Gasteiger partial charge < -0.3 is 19.1 Å². The number of rotatable bonds is 6. The fraction of sp³-hybridized carbons (Fsp3) is 0.471. The van der Waals surface area contributed by atoms with Gasteiger partial charge in [0, 0.05) is 25.8 Å². The van der Waals surface area contributed by atoms with E-state index in [4.69, 9.17) is 18.7 Å². The van der Waals surface area contributed by atoms with Crippen molar-refractivity contribution in [2.45, 2.75) is 24.0 Å². The normalized spacial score (nSPS) is 32.0. The van der Waals surface area contributed by atoms with Gasteiger partial charge in [-0.2, -0.15) is 0 Å². The van der Waals surface area contributed by atoms with Crippen LogP contribution in [0.15, 0.2) is 41.3 Å². The molecule has 2 bridgehead atoms. The second-order valence-electron chi connectivity index (χ2n) is 6.57. The van der Waals surface area contributed by atoms with E-state index in [-0.39, 0.29) is 18.8 Å². The van der Waals surface area contributed by atoms with Gasteiger partial charge in [-0.15, -0.1) is 0 Å². The summed E-state index contributed by atoms with van der Waals surface area (Å²) in [5, 5.41) is 1.34. The molecule has 2 saturated heterocycles. The number of methoxy groups -OCH3 is 1. The van der Waals surface area contributed by atoms with Crippen molar-refractivity contribution in [2.24, 2.45) is 0 Å². The molecule has 0 aliphatic carbocycles. The summed E-state index contributed by atoms with van der Waals surface area (Å²) in [4.78, 5) is 22.7. The van der Waals surface area contributed by atoms with Crippen molar-refractivity contribution in [2.75, 3.05) is 27.4 Å². The number of benzene rings is 1. The third kappa shape index (κ3) is 3.05. The summed E-state index contributed by atoms with van der Waals surface area (Å²) < 4.78 is 40.3. The van der Waals surface area contributed by atoms with Crippen molar-refractivity contribution in [1.29, 1.82) is 0 Å². The summed E-state index contributed by atoms with van der Waals surface area (Å²) in [6.07, 6.45) is -0.912. The minimum atomic E-state index is -4.30. The standard InChI is InChI=1S/C17H20NO8P/c1-22-9-17-10-24-13(14(17)26-27(20,21)23-2)16(25-17)18-8-7-11-5-3-4-6-12(11)15(18)19/h3-8,13-14,16H,9-10H2,1-2H3,(H,20,21)/t13-,14-,16+,17-/m0/s1. The summed E-state index contributed by atoms with van der Waals surface area (Å²) in [5.74, 6) is 0. The fourth-order valence-electron chi connectivity index (χ4n) is 3.71. The highest BCUT2D eigenvalue weighted by Crippen LogP contribution is 2.54. The molecule has 0 radical (unpaired) electrons. The topological polar surface area (TPSA) is 105 Å². The average molecular weight is 397 g/mol. The van der Waals surface area contributed by atoms with Gasteiger partial charge >= 0.3 is 7.82 Å². The Morgan fingerprint density at radius 3 is 2.85 bits per heavy atom. The lowest BCUT2D eigenvalue weighted by molar-refractivity contribution is -0.190. The molecule has 9 nitrogen and oxygen atoms in total. The van der Waals surface area contributed by atoms with Gasteiger partial charge in [-0.1, -0.05) is 18.2 Å². The van der Waals surface area contributed by atoms with Gasteiger partial charge in [-0.3, -0.25) is 18.4 Å². The third-order valence-electron chi connectivity index (χ3n) is 4.95. The molecule has 27 heavy (non-hydrogen) atoms. The lowest BCUT2D eigenvalue weighted by Gasteiger charge is -2.31. The predicted molar refractivity (Wildman–Crippen MR) is 94.4 cm³/mol. The zero-order valence-corrected chi connectivity index (χ0v) is 15.7. The molecule has 2 fully saturated rings. The van der Waals surface area contributed by atoms with Gasteiger partial charge in [-0.05, 0) is 17.5 Å². The Balaban J connectivity index is 1.75. The van der Waals surface area contributed by atoms with Crippen LogP contribution in [0.5, 0.6) is 0 Å². The zero-order valence-electron chi connectivity index (χ0n) is 14.8. The molecule has 1 aromatic heterocycles. The monoisotopic (exact) mass is 397 g/mol. The Hall–Kier alpha value is -1.58. The zero-order chi connectivity index (χ0) is 19.2. The van der Waals surface area contributed by atoms with Crippen LogP contribution in [0.1, 0.15) is 6.23 Å². The molecule has 0 saturated carbocycles. The molecule has 2 aliphatic heterocycles. The number of phosphoric ester groups is 1. The van der Waals surface area contributed by atoms with E-state index < -0.39 is 31.9 Å². The van der Waals surface area contributed by atoms with Crippen molar-refractivity contribution < 1.29 is 32.7 Å². The number of ether oxygens (including phenoxy) is 3. The summed E-state index contributed by atoms with van der Waals surface area (Å²) in [6.45, 7) is 0.176. The molecule has 5 atom stereocenters. The van der Waals surface area contributed by atoms with Crippen LogP contribution in [-0.2, 0) is 27.8 Å². The van der Waals surface area contributed by atoms with E-state index >= 15 is 0 Å². The predicted octanol–water partition coefficient (Wildman–Crippen LogP) is 1.45. The Morgan fingerprint density at radius 2 is 2.11 bits per heavy atom. The van der Waals surface area contributed by atoms with Gasteiger partial charge in [0.1, 0.15) is 17.8 Å². The van der Waals surface area contributed by atoms with Gasteiger partial charge in [0.15, 0.2) is 6.23 Å². The molecule has 146 valence electrons. The van der Waals surface area contributed by atoms with Crippen molar-refractivity contribution >= 4 is 18.6 Å². The van der Waals surface area contributed by atoms with Gasteiger partial charge in [0.2, 0.25) is 0 Å². The van der Waals surface area contributed by atoms with Crippen molar-refractivity contribution in [3.63, 3.8) is 0 Å². The first kappa shape index (κ1) is 18.8. The molecule has 1 N–H and O–H groups in total. The second-order valence-corrected chi connectivity index (χ2v) is 8.09. The van der Waals surface area contributed by atoms with E-state index in [2.05, 4.69) is 4.52 Å². The van der Waals surface area contributed by atoms with E-state index in [0.29, 0.717) is 5.39 Å². The van der Waals surface area contributed by atoms with E-state index in [1.165, 1.54) is 11.7 Å². The van der Waals surface area contributed by atoms with Crippen molar-refractivity contribution in [3.05, 3.63) is 46.9 Å². The largest absolute Gasteiger partial charge is 0.472 e. The molecule has 2 aromatic rings. The lowest BCUT2D eigenvalue weighted by Crippen LogP contribution is -2.45. The highest BCUT2D eigenvalue weighted by Gasteiger charge is 2.64. The Morgan fingerprint density at radius 1 is 1.33 bits per heavy atom. The van der Waals surface area contributed by atoms with Crippen LogP contribution >= 0.6 is 7.82 Å². The average Bonchev–Trinajstić information content (AvgIpc) is 3.13. The fourth-order valence-corrected chi connectivity index (χ4v) is 4.40. The lowest BCUT2D eigenvalue weighted by atomic mass is 10.0. The summed E-state index contributed by atoms with van der Waals surface area (Å²) in [5.41, 5.74) is -1.37. The van der Waals surface area contributed by atoms with Crippen LogP contribution in [0.2, 0.25) is 0 Å². The molecule has 10 heteroatoms. The van der Waals surface area contributed by atoms with Crippen molar-refractivity contribution in [1.82, 2.24) is 4.57 Å². The molecule has 2 aliphatic rings. The highest BCUT2D eigenvalue weighted by molar-refractivity contribution is 7.47. The van der Waals surface area contributed by atoms with E-state index in [1.807, 2.05) is 12.1 Å². The second kappa shape index (κ2) is 6.79. The number of fused-ring (bicyclic) bond motifs is 3. The van der Waals surface area contributed by atoms with E-state index in [0.717, 1.165) is 12.5 Å². The SMILES string of the molecule is COC[C@@]12CO[C@H]([C@H](n3ccc4ccccc4c3=O)O1)[C@@H]2OP(=O)(O)OC. The molecule has 1 unspecified atom stereocenters. The van der Waals surface area contributed by atoms with Gasteiger partial charge in [-0.25, -0.2) is 4.57 Å². The number of hydrogen-bond donors (Lipinski definition) is 1. The summed E-state index contributed by atoms with van der Waals surface area (Å²) in [7, 11) is -1.74. The van der Waals surface area contributed by atoms with Crippen LogP contribution in [0, 0.1) is 0 Å². The molecule has 0 spiro atoms. The van der Waals surface area contributed by atoms with Gasteiger partial charge in [0.25, 0.3) is 5.56 Å². The van der Waals surface area contributed by atoms with Crippen LogP contribution in [0.3, 0.4) is 0 Å². The molecule has 3 heterocycles. The first-order chi connectivity index (χ1) is 12.9. The van der Waals surface area contributed by atoms with Crippen LogP contribution in [-0.4, -0.2) is 54.7 Å². The Bertz CT molecular complexity index is 961. The maximum absolute atomic E-state index is 12.9. The highest BCUT2D eigenvalue weighted by atomic mass is 31.2. The number of phosphoric acid groups is 1. The molecule has 1 aromatic carbocycles. The van der Waals surface area contributed by atoms with Crippen molar-refractivity contribution in [3.8, 4) is 0 Å². The minimum absolute atomic E-state index is 0.0662. The van der Waals surface area contributed by atoms with Crippen LogP contribution in [0.4, 0.5) is 0 Å². The quantitative estimate of drug-likeness (QED) is 0.731. The molecule has 4 rings (SSSR count). The first-order valence-electron chi connectivity index (χ1n) is 8.36. The van der Waals surface area contributed by atoms with Crippen LogP contribution < -0.4 is 5.56 Å². The smallest absolute Gasteiger partial charge is 0.381 e. The minimum Gasteiger partial charge on any atom is -0.381 e. The van der Waals surface area contributed by atoms with Gasteiger partial charge in [0.05, 0.1) is 13.2 Å². The van der Waals surface area contributed by atoms with E-state index in [1.54, 1.807) is 24.4 Å². The summed E-state index contributed by atoms with van der Waals surface area (Å²) in [6, 6.07) is 9.01. The number of nitrogens with zero attached hydrogens (tertiary/aromatic N) is 1.